The number of furan rings is 1. The van der Waals surface area contributed by atoms with Crippen LogP contribution in [0.2, 0.25) is 0 Å². The number of pyridine rings is 1. The number of hydrogen-bond acceptors (Lipinski definition) is 7. The number of carbonyl (C=O) groups excluding carboxylic acids is 1. The zero-order valence-electron chi connectivity index (χ0n) is 20.4. The minimum absolute atomic E-state index is 0. The summed E-state index contributed by atoms with van der Waals surface area (Å²) in [7, 11) is 1.66. The molecule has 1 aliphatic heterocycles. The Bertz CT molecular complexity index is 1380. The van der Waals surface area contributed by atoms with Crippen LogP contribution < -0.4 is 39.4 Å². The fourth-order valence-electron chi connectivity index (χ4n) is 4.66. The third kappa shape index (κ3) is 4.84. The van der Waals surface area contributed by atoms with Gasteiger partial charge in [0.05, 0.1) is 36.2 Å². The van der Waals surface area contributed by atoms with Crippen molar-refractivity contribution >= 4 is 27.8 Å². The Labute approximate surface area is 225 Å². The summed E-state index contributed by atoms with van der Waals surface area (Å²) in [6, 6.07) is 12.9. The summed E-state index contributed by atoms with van der Waals surface area (Å²) in [5.41, 5.74) is 3.48. The van der Waals surface area contributed by atoms with Crippen molar-refractivity contribution in [2.45, 2.75) is 26.4 Å². The normalized spacial score (nSPS) is 17.9. The van der Waals surface area contributed by atoms with Gasteiger partial charge in [-0.2, -0.15) is 0 Å². The fourth-order valence-corrected chi connectivity index (χ4v) is 4.66. The number of aromatic nitrogens is 1. The number of aryl methyl sites for hydroxylation is 2. The Kier molecular flexibility index (Phi) is 7.83. The number of fused-ring (bicyclic) bond motifs is 2. The minimum atomic E-state index is -1.29. The summed E-state index contributed by atoms with van der Waals surface area (Å²) in [6.45, 7) is 5.39. The van der Waals surface area contributed by atoms with Gasteiger partial charge in [-0.3, -0.25) is 0 Å². The number of rotatable bonds is 6. The molecule has 2 unspecified atom stereocenters. The van der Waals surface area contributed by atoms with Crippen LogP contribution in [0.1, 0.15) is 27.9 Å². The number of aromatic carboxylic acids is 1. The van der Waals surface area contributed by atoms with Crippen molar-refractivity contribution in [3.8, 4) is 17.2 Å². The molecule has 0 saturated carbocycles. The molecular formula is C27H26NNaO6. The van der Waals surface area contributed by atoms with Gasteiger partial charge in [-0.15, -0.1) is 0 Å². The number of carbonyl (C=O) groups is 1. The van der Waals surface area contributed by atoms with Gasteiger partial charge < -0.3 is 28.5 Å². The van der Waals surface area contributed by atoms with E-state index >= 15 is 0 Å². The average Bonchev–Trinajstić information content (AvgIpc) is 3.20. The third-order valence-corrected chi connectivity index (χ3v) is 6.62. The number of ether oxygens (including phenoxy) is 3. The van der Waals surface area contributed by atoms with Crippen molar-refractivity contribution < 1.29 is 58.1 Å². The van der Waals surface area contributed by atoms with Crippen molar-refractivity contribution in [1.29, 1.82) is 0 Å². The van der Waals surface area contributed by atoms with E-state index in [0.717, 1.165) is 28.5 Å². The van der Waals surface area contributed by atoms with Gasteiger partial charge in [0, 0.05) is 36.1 Å². The molecule has 0 N–H and O–H groups in total. The van der Waals surface area contributed by atoms with E-state index in [1.54, 1.807) is 13.2 Å². The van der Waals surface area contributed by atoms with E-state index in [-0.39, 0.29) is 47.1 Å². The molecule has 3 heterocycles. The zero-order valence-corrected chi connectivity index (χ0v) is 22.4. The average molecular weight is 483 g/mol. The van der Waals surface area contributed by atoms with Crippen molar-refractivity contribution in [2.24, 2.45) is 5.92 Å². The molecule has 1 saturated heterocycles. The maximum absolute atomic E-state index is 12.3. The van der Waals surface area contributed by atoms with Crippen LogP contribution in [0.3, 0.4) is 0 Å². The number of hydrogen-bond donors (Lipinski definition) is 0. The summed E-state index contributed by atoms with van der Waals surface area (Å²) >= 11 is 0. The van der Waals surface area contributed by atoms with E-state index < -0.39 is 5.97 Å². The van der Waals surface area contributed by atoms with Crippen molar-refractivity contribution in [3.63, 3.8) is 0 Å². The molecule has 1 fully saturated rings. The summed E-state index contributed by atoms with van der Waals surface area (Å²) in [6.07, 6.45) is 0.746. The Balaban J connectivity index is 0.00000289. The topological polar surface area (TPSA) is 93.8 Å². The molecule has 4 aromatic rings. The third-order valence-electron chi connectivity index (χ3n) is 6.62. The maximum atomic E-state index is 12.3. The minimum Gasteiger partial charge on any atom is -0.545 e. The molecule has 2 aromatic carbocycles. The largest absolute Gasteiger partial charge is 1.00 e. The summed E-state index contributed by atoms with van der Waals surface area (Å²) in [4.78, 5) is 17.1. The van der Waals surface area contributed by atoms with Crippen molar-refractivity contribution in [2.75, 3.05) is 26.9 Å². The van der Waals surface area contributed by atoms with E-state index in [0.29, 0.717) is 47.9 Å². The molecule has 2 atom stereocenters. The number of nitrogens with zero attached hydrogens (tertiary/aromatic N) is 1. The van der Waals surface area contributed by atoms with Crippen LogP contribution >= 0.6 is 0 Å². The first-order valence-corrected chi connectivity index (χ1v) is 11.4. The van der Waals surface area contributed by atoms with Gasteiger partial charge in [-0.25, -0.2) is 4.98 Å². The molecule has 7 nitrogen and oxygen atoms in total. The van der Waals surface area contributed by atoms with Crippen LogP contribution in [-0.2, 0) is 9.47 Å². The molecule has 1 aliphatic rings. The second-order valence-corrected chi connectivity index (χ2v) is 8.71. The summed E-state index contributed by atoms with van der Waals surface area (Å²) < 4.78 is 23.2. The van der Waals surface area contributed by atoms with Crippen LogP contribution in [0.25, 0.3) is 33.3 Å². The predicted octanol–water partition coefficient (Wildman–Crippen LogP) is 1.06. The van der Waals surface area contributed by atoms with Crippen LogP contribution in [0, 0.1) is 19.8 Å². The smallest absolute Gasteiger partial charge is 0.545 e. The molecule has 0 radical (unpaired) electrons. The molecule has 0 aliphatic carbocycles. The first-order valence-electron chi connectivity index (χ1n) is 11.4. The molecule has 35 heavy (non-hydrogen) atoms. The first-order chi connectivity index (χ1) is 16.5. The predicted molar refractivity (Wildman–Crippen MR) is 126 cm³/mol. The van der Waals surface area contributed by atoms with Crippen LogP contribution in [-0.4, -0.2) is 44.0 Å². The molecule has 0 spiro atoms. The molecule has 0 amide bonds. The Morgan fingerprint density at radius 2 is 2.00 bits per heavy atom. The van der Waals surface area contributed by atoms with Crippen LogP contribution in [0.4, 0.5) is 0 Å². The van der Waals surface area contributed by atoms with Gasteiger partial charge in [-0.05, 0) is 44.0 Å². The molecular weight excluding hydrogens is 457 g/mol. The SMILES string of the molecule is COC1COCCC1COc1ccc(C)c2nc(-c3oc4ccccc4c3C)cc(C(=O)[O-])c12.[Na+]. The number of benzene rings is 2. The molecule has 5 rings (SSSR count). The summed E-state index contributed by atoms with van der Waals surface area (Å²) in [5, 5.41) is 13.7. The fraction of sp³-hybridized carbons (Fsp3) is 0.333. The quantitative estimate of drug-likeness (QED) is 0.379. The molecule has 0 bridgehead atoms. The number of carboxylic acids is 1. The van der Waals surface area contributed by atoms with E-state index in [4.69, 9.17) is 23.6 Å². The van der Waals surface area contributed by atoms with Gasteiger partial charge in [0.25, 0.3) is 0 Å². The molecule has 176 valence electrons. The van der Waals surface area contributed by atoms with E-state index in [2.05, 4.69) is 0 Å². The van der Waals surface area contributed by atoms with Gasteiger partial charge in [0.2, 0.25) is 0 Å². The van der Waals surface area contributed by atoms with Gasteiger partial charge >= 0.3 is 29.6 Å². The van der Waals surface area contributed by atoms with E-state index in [9.17, 15) is 9.90 Å². The first kappa shape index (κ1) is 25.7. The van der Waals surface area contributed by atoms with Crippen LogP contribution in [0.5, 0.6) is 5.75 Å². The summed E-state index contributed by atoms with van der Waals surface area (Å²) in [5.74, 6) is -0.145. The molecule has 8 heteroatoms. The number of carboxylic acid groups (broad SMARTS) is 1. The van der Waals surface area contributed by atoms with Crippen LogP contribution in [0.15, 0.2) is 46.9 Å². The van der Waals surface area contributed by atoms with Gasteiger partial charge in [0.15, 0.2) is 5.76 Å². The maximum Gasteiger partial charge on any atom is 1.00 e. The van der Waals surface area contributed by atoms with E-state index in [1.807, 2.05) is 44.2 Å². The second kappa shape index (κ2) is 10.7. The van der Waals surface area contributed by atoms with Crippen molar-refractivity contribution in [3.05, 3.63) is 59.2 Å². The number of methoxy groups -OCH3 is 1. The number of para-hydroxylation sites is 1. The monoisotopic (exact) mass is 483 g/mol. The Morgan fingerprint density at radius 3 is 2.74 bits per heavy atom. The van der Waals surface area contributed by atoms with Gasteiger partial charge in [-0.1, -0.05) is 24.3 Å². The standard InChI is InChI=1S/C27H27NO6.Na/c1-15-8-9-22(33-13-17-10-11-32-14-23(17)31-3)24-19(27(29)30)12-20(28-25(15)24)26-16(2)18-6-4-5-7-21(18)34-26;/h4-9,12,17,23H,10-11,13-14H2,1-3H3,(H,29,30);/q;+1/p-1. The molecule has 2 aromatic heterocycles. The van der Waals surface area contributed by atoms with E-state index in [1.165, 1.54) is 6.07 Å². The Morgan fingerprint density at radius 1 is 1.20 bits per heavy atom. The van der Waals surface area contributed by atoms with Gasteiger partial charge in [0.1, 0.15) is 17.0 Å². The van der Waals surface area contributed by atoms with Crippen molar-refractivity contribution in [1.82, 2.24) is 4.98 Å². The zero-order chi connectivity index (χ0) is 23.8. The second-order valence-electron chi connectivity index (χ2n) is 8.71. The Hall–Kier alpha value is -2.42.